The number of halogens is 1. The molecule has 21 heavy (non-hydrogen) atoms. The Morgan fingerprint density at radius 2 is 2.05 bits per heavy atom. The van der Waals surface area contributed by atoms with Gasteiger partial charge in [-0.25, -0.2) is 0 Å². The van der Waals surface area contributed by atoms with E-state index in [4.69, 9.17) is 0 Å². The number of hydrogen-bond acceptors (Lipinski definition) is 3. The van der Waals surface area contributed by atoms with Gasteiger partial charge in [0.1, 0.15) is 0 Å². The van der Waals surface area contributed by atoms with Gasteiger partial charge in [0.2, 0.25) is 0 Å². The highest BCUT2D eigenvalue weighted by molar-refractivity contribution is 9.10. The molecule has 1 aromatic heterocycles. The second-order valence-electron chi connectivity index (χ2n) is 5.27. The number of carbonyl (C=O) groups is 1. The van der Waals surface area contributed by atoms with Crippen LogP contribution in [0.15, 0.2) is 46.3 Å². The van der Waals surface area contributed by atoms with Crippen LogP contribution in [-0.4, -0.2) is 30.3 Å². The van der Waals surface area contributed by atoms with Crippen molar-refractivity contribution >= 4 is 33.0 Å². The fourth-order valence-electron chi connectivity index (χ4n) is 2.20. The molecule has 112 valence electrons. The largest absolute Gasteiger partial charge is 0.303 e. The molecule has 2 rings (SSSR count). The minimum absolute atomic E-state index is 0.192. The lowest BCUT2D eigenvalue weighted by Crippen LogP contribution is -2.32. The van der Waals surface area contributed by atoms with Crippen molar-refractivity contribution in [2.45, 2.75) is 25.8 Å². The zero-order valence-corrected chi connectivity index (χ0v) is 14.8. The van der Waals surface area contributed by atoms with E-state index in [-0.39, 0.29) is 5.78 Å². The van der Waals surface area contributed by atoms with E-state index in [2.05, 4.69) is 52.3 Å². The number of hydrogen-bond donors (Lipinski definition) is 0. The van der Waals surface area contributed by atoms with Crippen LogP contribution in [0.2, 0.25) is 0 Å². The molecule has 0 saturated carbocycles. The first kappa shape index (κ1) is 16.4. The highest BCUT2D eigenvalue weighted by Gasteiger charge is 2.14. The number of thiophene rings is 1. The number of nitrogens with zero attached hydrogens (tertiary/aromatic N) is 1. The SMILES string of the molecule is CC(Cc1cccs1)N(C)CCC(=O)c1ccccc1Br. The maximum Gasteiger partial charge on any atom is 0.165 e. The van der Waals surface area contributed by atoms with Gasteiger partial charge in [0.15, 0.2) is 5.78 Å². The van der Waals surface area contributed by atoms with Crippen LogP contribution in [0.3, 0.4) is 0 Å². The molecule has 2 nitrogen and oxygen atoms in total. The van der Waals surface area contributed by atoms with Crippen LogP contribution >= 0.6 is 27.3 Å². The maximum atomic E-state index is 12.3. The Morgan fingerprint density at radius 3 is 2.71 bits per heavy atom. The van der Waals surface area contributed by atoms with Gasteiger partial charge in [0.05, 0.1) is 0 Å². The number of likely N-dealkylation sites (N-methyl/N-ethyl adjacent to an activating group) is 1. The Labute approximate surface area is 138 Å². The molecule has 2 aromatic rings. The topological polar surface area (TPSA) is 20.3 Å². The van der Waals surface area contributed by atoms with E-state index in [0.717, 1.165) is 23.0 Å². The Morgan fingerprint density at radius 1 is 1.29 bits per heavy atom. The van der Waals surface area contributed by atoms with Crippen molar-refractivity contribution in [3.63, 3.8) is 0 Å². The van der Waals surface area contributed by atoms with Crippen LogP contribution in [0.4, 0.5) is 0 Å². The van der Waals surface area contributed by atoms with E-state index in [1.54, 1.807) is 11.3 Å². The summed E-state index contributed by atoms with van der Waals surface area (Å²) >= 11 is 5.23. The normalized spacial score (nSPS) is 12.6. The molecule has 0 radical (unpaired) electrons. The number of ketones is 1. The van der Waals surface area contributed by atoms with Gasteiger partial charge in [-0.2, -0.15) is 0 Å². The summed E-state index contributed by atoms with van der Waals surface area (Å²) in [6, 6.07) is 12.3. The van der Waals surface area contributed by atoms with Gasteiger partial charge in [-0.1, -0.05) is 40.2 Å². The first-order valence-corrected chi connectivity index (χ1v) is 8.75. The van der Waals surface area contributed by atoms with E-state index >= 15 is 0 Å². The smallest absolute Gasteiger partial charge is 0.165 e. The molecule has 0 fully saturated rings. The van der Waals surface area contributed by atoms with Crippen molar-refractivity contribution in [3.05, 3.63) is 56.7 Å². The van der Waals surface area contributed by atoms with E-state index in [9.17, 15) is 4.79 Å². The molecule has 1 atom stereocenters. The maximum absolute atomic E-state index is 12.3. The summed E-state index contributed by atoms with van der Waals surface area (Å²) in [4.78, 5) is 15.9. The van der Waals surface area contributed by atoms with E-state index in [1.807, 2.05) is 24.3 Å². The van der Waals surface area contributed by atoms with Gasteiger partial charge in [-0.05, 0) is 37.9 Å². The Hall–Kier alpha value is -0.970. The molecule has 0 N–H and O–H groups in total. The minimum Gasteiger partial charge on any atom is -0.303 e. The third-order valence-electron chi connectivity index (χ3n) is 3.69. The molecule has 0 aliphatic carbocycles. The zero-order chi connectivity index (χ0) is 15.2. The van der Waals surface area contributed by atoms with Crippen LogP contribution < -0.4 is 0 Å². The number of carbonyl (C=O) groups excluding carboxylic acids is 1. The molecular formula is C17H20BrNOS. The standard InChI is InChI=1S/C17H20BrNOS/c1-13(12-14-6-5-11-21-14)19(2)10-9-17(20)15-7-3-4-8-16(15)18/h3-8,11,13H,9-10,12H2,1-2H3. The van der Waals surface area contributed by atoms with Crippen LogP contribution in [-0.2, 0) is 6.42 Å². The second kappa shape index (κ2) is 7.87. The van der Waals surface area contributed by atoms with Gasteiger partial charge < -0.3 is 4.90 Å². The molecule has 0 aliphatic rings. The van der Waals surface area contributed by atoms with Crippen molar-refractivity contribution < 1.29 is 4.79 Å². The predicted octanol–water partition coefficient (Wildman–Crippen LogP) is 4.65. The lowest BCUT2D eigenvalue weighted by atomic mass is 10.1. The van der Waals surface area contributed by atoms with Crippen molar-refractivity contribution in [3.8, 4) is 0 Å². The van der Waals surface area contributed by atoms with E-state index < -0.39 is 0 Å². The van der Waals surface area contributed by atoms with Crippen LogP contribution in [0, 0.1) is 0 Å². The van der Waals surface area contributed by atoms with Gasteiger partial charge in [-0.15, -0.1) is 11.3 Å². The molecule has 4 heteroatoms. The Bertz CT molecular complexity index is 582. The van der Waals surface area contributed by atoms with Crippen LogP contribution in [0.1, 0.15) is 28.6 Å². The monoisotopic (exact) mass is 365 g/mol. The number of rotatable bonds is 7. The summed E-state index contributed by atoms with van der Waals surface area (Å²) in [6.07, 6.45) is 1.59. The van der Waals surface area contributed by atoms with Gasteiger partial charge in [0, 0.05) is 33.9 Å². The third-order valence-corrected chi connectivity index (χ3v) is 5.29. The fraction of sp³-hybridized carbons (Fsp3) is 0.353. The quantitative estimate of drug-likeness (QED) is 0.665. The van der Waals surface area contributed by atoms with E-state index in [1.165, 1.54) is 4.88 Å². The summed E-state index contributed by atoms with van der Waals surface area (Å²) in [5.41, 5.74) is 0.775. The van der Waals surface area contributed by atoms with Gasteiger partial charge >= 0.3 is 0 Å². The number of benzene rings is 1. The average Bonchev–Trinajstić information content (AvgIpc) is 2.97. The van der Waals surface area contributed by atoms with Crippen LogP contribution in [0.5, 0.6) is 0 Å². The first-order chi connectivity index (χ1) is 10.1. The molecule has 0 bridgehead atoms. The zero-order valence-electron chi connectivity index (χ0n) is 12.4. The molecule has 1 unspecified atom stereocenters. The first-order valence-electron chi connectivity index (χ1n) is 7.08. The molecule has 0 saturated heterocycles. The van der Waals surface area contributed by atoms with Crippen molar-refractivity contribution in [1.82, 2.24) is 4.90 Å². The molecule has 0 aliphatic heterocycles. The molecule has 0 spiro atoms. The Balaban J connectivity index is 1.84. The molecular weight excluding hydrogens is 346 g/mol. The summed E-state index contributed by atoms with van der Waals surface area (Å²) in [6.45, 7) is 3.00. The van der Waals surface area contributed by atoms with E-state index in [0.29, 0.717) is 12.5 Å². The summed E-state index contributed by atoms with van der Waals surface area (Å²) < 4.78 is 0.879. The molecule has 1 heterocycles. The average molecular weight is 366 g/mol. The van der Waals surface area contributed by atoms with Crippen molar-refractivity contribution in [1.29, 1.82) is 0 Å². The van der Waals surface area contributed by atoms with Crippen molar-refractivity contribution in [2.24, 2.45) is 0 Å². The highest BCUT2D eigenvalue weighted by atomic mass is 79.9. The van der Waals surface area contributed by atoms with Gasteiger partial charge in [-0.3, -0.25) is 4.79 Å². The third kappa shape index (κ3) is 4.77. The fourth-order valence-corrected chi connectivity index (χ4v) is 3.53. The summed E-state index contributed by atoms with van der Waals surface area (Å²) in [5.74, 6) is 0.192. The van der Waals surface area contributed by atoms with Crippen molar-refractivity contribution in [2.75, 3.05) is 13.6 Å². The lowest BCUT2D eigenvalue weighted by molar-refractivity contribution is 0.0961. The number of Topliss-reactive ketones (excluding diaryl/α,β-unsaturated/α-hetero) is 1. The molecule has 1 aromatic carbocycles. The Kier molecular flexibility index (Phi) is 6.15. The predicted molar refractivity (Wildman–Crippen MR) is 93.2 cm³/mol. The highest BCUT2D eigenvalue weighted by Crippen LogP contribution is 2.18. The minimum atomic E-state index is 0.192. The molecule has 0 amide bonds. The summed E-state index contributed by atoms with van der Waals surface area (Å²) in [7, 11) is 2.09. The second-order valence-corrected chi connectivity index (χ2v) is 7.15. The van der Waals surface area contributed by atoms with Gasteiger partial charge in [0.25, 0.3) is 0 Å². The van der Waals surface area contributed by atoms with Crippen LogP contribution in [0.25, 0.3) is 0 Å². The summed E-state index contributed by atoms with van der Waals surface area (Å²) in [5, 5.41) is 2.11. The lowest BCUT2D eigenvalue weighted by Gasteiger charge is -2.24.